The first-order valence-corrected chi connectivity index (χ1v) is 12.8. The smallest absolute Gasteiger partial charge is 0.262 e. The van der Waals surface area contributed by atoms with Crippen molar-refractivity contribution in [1.29, 1.82) is 0 Å². The number of fused-ring (bicyclic) bond motifs is 1. The van der Waals surface area contributed by atoms with Gasteiger partial charge in [-0.2, -0.15) is 5.10 Å². The van der Waals surface area contributed by atoms with Gasteiger partial charge in [0.05, 0.1) is 16.8 Å². The number of nitrogens with zero attached hydrogens (tertiary/aromatic N) is 3. The number of carbonyl (C=O) groups is 1. The number of hydrogen-bond donors (Lipinski definition) is 3. The fourth-order valence-electron chi connectivity index (χ4n) is 3.50. The molecular formula is C24H26N6O4S. The second kappa shape index (κ2) is 10.6. The molecule has 0 fully saturated rings. The van der Waals surface area contributed by atoms with Crippen LogP contribution in [0.4, 0.5) is 5.69 Å². The molecule has 0 unspecified atom stereocenters. The van der Waals surface area contributed by atoms with Crippen LogP contribution in [0.25, 0.3) is 16.7 Å². The van der Waals surface area contributed by atoms with Gasteiger partial charge in [-0.3, -0.25) is 9.59 Å². The first-order chi connectivity index (χ1) is 16.9. The Morgan fingerprint density at radius 1 is 1.11 bits per heavy atom. The average Bonchev–Trinajstić information content (AvgIpc) is 3.28. The molecule has 182 valence electrons. The summed E-state index contributed by atoms with van der Waals surface area (Å²) in [5, 5.41) is 7.33. The van der Waals surface area contributed by atoms with Gasteiger partial charge in [-0.1, -0.05) is 37.6 Å². The Hall–Kier alpha value is -3.83. The summed E-state index contributed by atoms with van der Waals surface area (Å²) in [5.74, 6) is 0.0181. The summed E-state index contributed by atoms with van der Waals surface area (Å²) < 4.78 is 29.0. The van der Waals surface area contributed by atoms with Crippen molar-refractivity contribution >= 4 is 32.7 Å². The highest BCUT2D eigenvalue weighted by molar-refractivity contribution is 7.89. The van der Waals surface area contributed by atoms with Gasteiger partial charge in [-0.15, -0.1) is 0 Å². The number of aryl methyl sites for hydroxylation is 1. The molecule has 0 atom stereocenters. The van der Waals surface area contributed by atoms with Gasteiger partial charge in [0.15, 0.2) is 5.65 Å². The molecular weight excluding hydrogens is 468 g/mol. The van der Waals surface area contributed by atoms with Crippen LogP contribution in [0.1, 0.15) is 32.0 Å². The van der Waals surface area contributed by atoms with E-state index in [0.717, 1.165) is 18.5 Å². The Labute approximate surface area is 202 Å². The first-order valence-electron chi connectivity index (χ1n) is 11.3. The van der Waals surface area contributed by atoms with Crippen LogP contribution >= 0.6 is 0 Å². The van der Waals surface area contributed by atoms with Crippen molar-refractivity contribution < 1.29 is 13.2 Å². The third-order valence-corrected chi connectivity index (χ3v) is 6.79. The summed E-state index contributed by atoms with van der Waals surface area (Å²) >= 11 is 0. The molecule has 10 nitrogen and oxygen atoms in total. The van der Waals surface area contributed by atoms with Gasteiger partial charge >= 0.3 is 0 Å². The lowest BCUT2D eigenvalue weighted by Crippen LogP contribution is -2.24. The van der Waals surface area contributed by atoms with Crippen molar-refractivity contribution in [3.05, 3.63) is 77.0 Å². The molecule has 11 heteroatoms. The number of aromatic amines is 1. The zero-order valence-corrected chi connectivity index (χ0v) is 20.0. The van der Waals surface area contributed by atoms with E-state index in [1.54, 1.807) is 16.8 Å². The van der Waals surface area contributed by atoms with Crippen molar-refractivity contribution in [2.24, 2.45) is 0 Å². The summed E-state index contributed by atoms with van der Waals surface area (Å²) in [6.45, 7) is 2.33. The molecule has 4 aromatic rings. The van der Waals surface area contributed by atoms with Gasteiger partial charge in [0, 0.05) is 25.1 Å². The fourth-order valence-corrected chi connectivity index (χ4v) is 4.62. The van der Waals surface area contributed by atoms with E-state index in [1.807, 2.05) is 37.3 Å². The van der Waals surface area contributed by atoms with E-state index in [1.165, 1.54) is 18.3 Å². The fraction of sp³-hybridized carbons (Fsp3) is 0.250. The first kappa shape index (κ1) is 24.3. The van der Waals surface area contributed by atoms with E-state index in [4.69, 9.17) is 0 Å². The van der Waals surface area contributed by atoms with E-state index in [2.05, 4.69) is 25.1 Å². The van der Waals surface area contributed by atoms with Crippen molar-refractivity contribution in [1.82, 2.24) is 24.5 Å². The van der Waals surface area contributed by atoms with Gasteiger partial charge in [-0.25, -0.2) is 22.8 Å². The van der Waals surface area contributed by atoms with Crippen molar-refractivity contribution in [3.63, 3.8) is 0 Å². The lowest BCUT2D eigenvalue weighted by Gasteiger charge is -2.09. The molecule has 35 heavy (non-hydrogen) atoms. The van der Waals surface area contributed by atoms with Gasteiger partial charge in [0.25, 0.3) is 5.56 Å². The number of hydrogen-bond acceptors (Lipinski definition) is 6. The number of anilines is 1. The Kier molecular flexibility index (Phi) is 7.37. The molecule has 2 heterocycles. The third kappa shape index (κ3) is 5.81. The number of amides is 1. The molecule has 2 aromatic heterocycles. The minimum Gasteiger partial charge on any atom is -0.326 e. The molecule has 0 spiro atoms. The number of sulfonamides is 1. The minimum absolute atomic E-state index is 0.0413. The van der Waals surface area contributed by atoms with Gasteiger partial charge < -0.3 is 10.3 Å². The summed E-state index contributed by atoms with van der Waals surface area (Å²) in [5.41, 5.74) is 1.21. The number of carbonyl (C=O) groups excluding carboxylic acids is 1. The SMILES string of the molecule is CCCCNS(=O)(=O)c1cccc(NC(=O)CCc2nc3c(cnn3-c3ccccc3)c(=O)[nH]2)c1. The number of unbranched alkanes of at least 4 members (excludes halogenated alkanes) is 1. The second-order valence-corrected chi connectivity index (χ2v) is 9.74. The normalized spacial score (nSPS) is 11.6. The van der Waals surface area contributed by atoms with Crippen LogP contribution in [-0.2, 0) is 21.2 Å². The standard InChI is InChI=1S/C24H26N6O4S/c1-2-3-14-26-35(33,34)19-11-7-8-17(15-19)27-22(31)13-12-21-28-23-20(24(32)29-21)16-25-30(23)18-9-5-4-6-10-18/h4-11,15-16,26H,2-3,12-14H2,1H3,(H,27,31)(H,28,29,32). The Morgan fingerprint density at radius 3 is 2.69 bits per heavy atom. The van der Waals surface area contributed by atoms with Crippen LogP contribution in [0.3, 0.4) is 0 Å². The number of benzene rings is 2. The predicted octanol–water partition coefficient (Wildman–Crippen LogP) is 2.76. The topological polar surface area (TPSA) is 139 Å². The van der Waals surface area contributed by atoms with E-state index in [-0.39, 0.29) is 29.2 Å². The number of para-hydroxylation sites is 1. The Bertz CT molecular complexity index is 1500. The van der Waals surface area contributed by atoms with Crippen molar-refractivity contribution in [2.45, 2.75) is 37.5 Å². The molecule has 0 radical (unpaired) electrons. The summed E-state index contributed by atoms with van der Waals surface area (Å²) in [4.78, 5) is 32.3. The van der Waals surface area contributed by atoms with Crippen molar-refractivity contribution in [3.8, 4) is 5.69 Å². The monoisotopic (exact) mass is 494 g/mol. The largest absolute Gasteiger partial charge is 0.326 e. The van der Waals surface area contributed by atoms with E-state index in [9.17, 15) is 18.0 Å². The summed E-state index contributed by atoms with van der Waals surface area (Å²) in [6.07, 6.45) is 3.31. The van der Waals surface area contributed by atoms with E-state index < -0.39 is 10.0 Å². The zero-order chi connectivity index (χ0) is 24.8. The molecule has 0 aliphatic carbocycles. The Balaban J connectivity index is 1.45. The Morgan fingerprint density at radius 2 is 1.91 bits per heavy atom. The van der Waals surface area contributed by atoms with Crippen LogP contribution < -0.4 is 15.6 Å². The highest BCUT2D eigenvalue weighted by Gasteiger charge is 2.15. The van der Waals surface area contributed by atoms with E-state index in [0.29, 0.717) is 29.1 Å². The lowest BCUT2D eigenvalue weighted by molar-refractivity contribution is -0.116. The van der Waals surface area contributed by atoms with Crippen LogP contribution in [0.2, 0.25) is 0 Å². The van der Waals surface area contributed by atoms with Crippen LogP contribution in [-0.4, -0.2) is 40.6 Å². The lowest BCUT2D eigenvalue weighted by atomic mass is 10.2. The summed E-state index contributed by atoms with van der Waals surface area (Å²) in [7, 11) is -3.65. The number of H-pyrrole nitrogens is 1. The molecule has 0 bridgehead atoms. The molecule has 0 saturated heterocycles. The number of aromatic nitrogens is 4. The molecule has 3 N–H and O–H groups in total. The maximum absolute atomic E-state index is 12.5. The molecule has 0 aliphatic rings. The maximum Gasteiger partial charge on any atom is 0.262 e. The minimum atomic E-state index is -3.65. The third-order valence-electron chi connectivity index (χ3n) is 5.33. The maximum atomic E-state index is 12.5. The zero-order valence-electron chi connectivity index (χ0n) is 19.2. The molecule has 2 aromatic carbocycles. The quantitative estimate of drug-likeness (QED) is 0.290. The molecule has 4 rings (SSSR count). The predicted molar refractivity (Wildman–Crippen MR) is 133 cm³/mol. The highest BCUT2D eigenvalue weighted by atomic mass is 32.2. The molecule has 0 aliphatic heterocycles. The van der Waals surface area contributed by atoms with Gasteiger partial charge in [0.2, 0.25) is 15.9 Å². The van der Waals surface area contributed by atoms with Gasteiger partial charge in [-0.05, 0) is 36.8 Å². The van der Waals surface area contributed by atoms with E-state index >= 15 is 0 Å². The summed E-state index contributed by atoms with van der Waals surface area (Å²) in [6, 6.07) is 15.4. The van der Waals surface area contributed by atoms with Crippen LogP contribution in [0, 0.1) is 0 Å². The van der Waals surface area contributed by atoms with Crippen LogP contribution in [0.15, 0.2) is 70.5 Å². The number of nitrogens with one attached hydrogen (secondary N) is 3. The van der Waals surface area contributed by atoms with Crippen LogP contribution in [0.5, 0.6) is 0 Å². The average molecular weight is 495 g/mol. The van der Waals surface area contributed by atoms with Gasteiger partial charge in [0.1, 0.15) is 11.2 Å². The molecule has 1 amide bonds. The van der Waals surface area contributed by atoms with Crippen molar-refractivity contribution in [2.75, 3.05) is 11.9 Å². The molecule has 0 saturated carbocycles. The second-order valence-electron chi connectivity index (χ2n) is 7.97. The number of rotatable bonds is 10. The highest BCUT2D eigenvalue weighted by Crippen LogP contribution is 2.17.